The lowest BCUT2D eigenvalue weighted by atomic mass is 9.95. The van der Waals surface area contributed by atoms with Crippen molar-refractivity contribution in [3.63, 3.8) is 0 Å². The summed E-state index contributed by atoms with van der Waals surface area (Å²) in [6, 6.07) is 14.3. The highest BCUT2D eigenvalue weighted by Crippen LogP contribution is 2.39. The number of nitrogens with zero attached hydrogens (tertiary/aromatic N) is 1. The molecule has 1 fully saturated rings. The monoisotopic (exact) mass is 351 g/mol. The minimum absolute atomic E-state index is 0.239. The van der Waals surface area contributed by atoms with E-state index in [4.69, 9.17) is 4.74 Å². The van der Waals surface area contributed by atoms with E-state index >= 15 is 0 Å². The van der Waals surface area contributed by atoms with Crippen LogP contribution in [0.1, 0.15) is 30.1 Å². The number of ether oxygens (including phenoxy) is 1. The molecule has 0 atom stereocenters. The van der Waals surface area contributed by atoms with Crippen molar-refractivity contribution in [2.45, 2.75) is 25.4 Å². The quantitative estimate of drug-likeness (QED) is 0.822. The van der Waals surface area contributed by atoms with Gasteiger partial charge in [0.25, 0.3) is 5.91 Å². The Labute approximate surface area is 152 Å². The number of benzene rings is 2. The van der Waals surface area contributed by atoms with E-state index < -0.39 is 11.7 Å². The zero-order valence-electron chi connectivity index (χ0n) is 14.6. The number of hydrogen-bond acceptors (Lipinski definition) is 4. The van der Waals surface area contributed by atoms with Gasteiger partial charge in [0, 0.05) is 0 Å². The van der Waals surface area contributed by atoms with Gasteiger partial charge in [0.15, 0.2) is 0 Å². The van der Waals surface area contributed by atoms with E-state index in [1.165, 1.54) is 4.90 Å². The third kappa shape index (κ3) is 2.93. The number of carbonyl (C=O) groups excluding carboxylic acids is 2. The van der Waals surface area contributed by atoms with Crippen molar-refractivity contribution >= 4 is 29.1 Å². The SMILES string of the molecule is CC1(OC(=O)N2c3ccccc3NC(=O)c3ccccc32)CCNCC1. The summed E-state index contributed by atoms with van der Waals surface area (Å²) in [4.78, 5) is 27.3. The van der Waals surface area contributed by atoms with Crippen molar-refractivity contribution in [2.24, 2.45) is 0 Å². The number of rotatable bonds is 1. The van der Waals surface area contributed by atoms with E-state index in [1.54, 1.807) is 24.3 Å². The average molecular weight is 351 g/mol. The van der Waals surface area contributed by atoms with Crippen LogP contribution in [0.4, 0.5) is 21.9 Å². The molecule has 2 amide bonds. The fraction of sp³-hybridized carbons (Fsp3) is 0.300. The largest absolute Gasteiger partial charge is 0.442 e. The second-order valence-corrected chi connectivity index (χ2v) is 6.89. The van der Waals surface area contributed by atoms with Crippen LogP contribution in [0.5, 0.6) is 0 Å². The Morgan fingerprint density at radius 1 is 1.04 bits per heavy atom. The van der Waals surface area contributed by atoms with Crippen LogP contribution in [0.3, 0.4) is 0 Å². The van der Waals surface area contributed by atoms with E-state index in [0.29, 0.717) is 22.6 Å². The number of carbonyl (C=O) groups is 2. The topological polar surface area (TPSA) is 70.7 Å². The van der Waals surface area contributed by atoms with Gasteiger partial charge in [-0.25, -0.2) is 9.69 Å². The number of nitrogens with one attached hydrogen (secondary N) is 2. The van der Waals surface area contributed by atoms with Gasteiger partial charge in [-0.3, -0.25) is 4.79 Å². The Kier molecular flexibility index (Phi) is 4.12. The summed E-state index contributed by atoms with van der Waals surface area (Å²) < 4.78 is 5.93. The summed E-state index contributed by atoms with van der Waals surface area (Å²) in [5, 5.41) is 6.16. The molecule has 2 aromatic rings. The minimum Gasteiger partial charge on any atom is -0.442 e. The lowest BCUT2D eigenvalue weighted by Crippen LogP contribution is -2.45. The molecule has 1 saturated heterocycles. The molecule has 6 nitrogen and oxygen atoms in total. The second-order valence-electron chi connectivity index (χ2n) is 6.89. The maximum absolute atomic E-state index is 13.2. The molecule has 134 valence electrons. The third-order valence-electron chi connectivity index (χ3n) is 4.96. The van der Waals surface area contributed by atoms with Crippen molar-refractivity contribution in [3.05, 3.63) is 54.1 Å². The molecule has 2 aromatic carbocycles. The van der Waals surface area contributed by atoms with Gasteiger partial charge in [0.05, 0.1) is 22.6 Å². The van der Waals surface area contributed by atoms with Gasteiger partial charge in [0.1, 0.15) is 5.60 Å². The molecule has 0 bridgehead atoms. The molecule has 0 radical (unpaired) electrons. The van der Waals surface area contributed by atoms with Crippen molar-refractivity contribution in [3.8, 4) is 0 Å². The summed E-state index contributed by atoms with van der Waals surface area (Å²) in [5.41, 5.74) is 1.64. The van der Waals surface area contributed by atoms with E-state index in [1.807, 2.05) is 31.2 Å². The van der Waals surface area contributed by atoms with Crippen molar-refractivity contribution in [1.29, 1.82) is 0 Å². The number of para-hydroxylation sites is 3. The highest BCUT2D eigenvalue weighted by atomic mass is 16.6. The van der Waals surface area contributed by atoms with Crippen molar-refractivity contribution < 1.29 is 14.3 Å². The van der Waals surface area contributed by atoms with Gasteiger partial charge >= 0.3 is 6.09 Å². The van der Waals surface area contributed by atoms with E-state index in [0.717, 1.165) is 25.9 Å². The van der Waals surface area contributed by atoms with Gasteiger partial charge in [0.2, 0.25) is 0 Å². The molecule has 2 aliphatic heterocycles. The van der Waals surface area contributed by atoms with Crippen LogP contribution in [-0.4, -0.2) is 30.7 Å². The number of anilines is 3. The predicted molar refractivity (Wildman–Crippen MR) is 100.0 cm³/mol. The molecule has 4 rings (SSSR count). The summed E-state index contributed by atoms with van der Waals surface area (Å²) in [6.07, 6.45) is 1.05. The number of piperidine rings is 1. The Hall–Kier alpha value is -2.86. The molecule has 26 heavy (non-hydrogen) atoms. The van der Waals surface area contributed by atoms with Gasteiger partial charge in [-0.1, -0.05) is 24.3 Å². The fourth-order valence-corrected chi connectivity index (χ4v) is 3.47. The first-order valence-corrected chi connectivity index (χ1v) is 8.81. The van der Waals surface area contributed by atoms with Crippen molar-refractivity contribution in [2.75, 3.05) is 23.3 Å². The highest BCUT2D eigenvalue weighted by Gasteiger charge is 2.36. The second kappa shape index (κ2) is 6.46. The molecule has 0 saturated carbocycles. The zero-order valence-corrected chi connectivity index (χ0v) is 14.6. The van der Waals surface area contributed by atoms with Gasteiger partial charge in [-0.2, -0.15) is 0 Å². The smallest absolute Gasteiger partial charge is 0.419 e. The number of fused-ring (bicyclic) bond motifs is 2. The van der Waals surface area contributed by atoms with Crippen LogP contribution in [0.2, 0.25) is 0 Å². The molecule has 2 aliphatic rings. The lowest BCUT2D eigenvalue weighted by Gasteiger charge is -2.35. The maximum atomic E-state index is 13.2. The van der Waals surface area contributed by atoms with Crippen LogP contribution >= 0.6 is 0 Å². The first-order chi connectivity index (χ1) is 12.6. The Morgan fingerprint density at radius 2 is 1.69 bits per heavy atom. The third-order valence-corrected chi connectivity index (χ3v) is 4.96. The Balaban J connectivity index is 1.77. The fourth-order valence-electron chi connectivity index (χ4n) is 3.47. The number of hydrogen-bond donors (Lipinski definition) is 2. The van der Waals surface area contributed by atoms with Crippen molar-refractivity contribution in [1.82, 2.24) is 5.32 Å². The van der Waals surface area contributed by atoms with Crippen LogP contribution in [-0.2, 0) is 4.74 Å². The molecule has 0 unspecified atom stereocenters. The van der Waals surface area contributed by atoms with Crippen LogP contribution in [0.15, 0.2) is 48.5 Å². The summed E-state index contributed by atoms with van der Waals surface area (Å²) in [6.45, 7) is 3.60. The molecule has 2 heterocycles. The summed E-state index contributed by atoms with van der Waals surface area (Å²) in [5.74, 6) is -0.239. The zero-order chi connectivity index (χ0) is 18.1. The van der Waals surface area contributed by atoms with Gasteiger partial charge < -0.3 is 15.4 Å². The van der Waals surface area contributed by atoms with E-state index in [9.17, 15) is 9.59 Å². The average Bonchev–Trinajstić information content (AvgIpc) is 2.76. The first-order valence-electron chi connectivity index (χ1n) is 8.81. The standard InChI is InChI=1S/C20H21N3O3/c1-20(10-12-21-13-11-20)26-19(25)23-16-8-4-2-6-14(16)18(24)22-15-7-3-5-9-17(15)23/h2-9,21H,10-13H2,1H3,(H,22,24). The van der Waals surface area contributed by atoms with Crippen LogP contribution in [0, 0.1) is 0 Å². The first kappa shape index (κ1) is 16.6. The lowest BCUT2D eigenvalue weighted by molar-refractivity contribution is 0.00822. The molecular weight excluding hydrogens is 330 g/mol. The molecule has 0 spiro atoms. The number of amides is 2. The van der Waals surface area contributed by atoms with E-state index in [2.05, 4.69) is 10.6 Å². The molecule has 0 aromatic heterocycles. The Morgan fingerprint density at radius 3 is 2.46 bits per heavy atom. The van der Waals surface area contributed by atoms with Crippen LogP contribution < -0.4 is 15.5 Å². The molecule has 6 heteroatoms. The highest BCUT2D eigenvalue weighted by molar-refractivity contribution is 6.16. The molecular formula is C20H21N3O3. The van der Waals surface area contributed by atoms with E-state index in [-0.39, 0.29) is 5.91 Å². The molecule has 0 aliphatic carbocycles. The summed E-state index contributed by atoms with van der Waals surface area (Å²) >= 11 is 0. The molecule has 2 N–H and O–H groups in total. The normalized spacial score (nSPS) is 18.2. The van der Waals surface area contributed by atoms with Gasteiger partial charge in [-0.05, 0) is 57.1 Å². The van der Waals surface area contributed by atoms with Gasteiger partial charge in [-0.15, -0.1) is 0 Å². The minimum atomic E-state index is -0.518. The maximum Gasteiger partial charge on any atom is 0.419 e. The predicted octanol–water partition coefficient (Wildman–Crippen LogP) is 3.67. The van der Waals surface area contributed by atoms with Crippen LogP contribution in [0.25, 0.3) is 0 Å². The summed E-state index contributed by atoms with van der Waals surface area (Å²) in [7, 11) is 0. The Bertz CT molecular complexity index is 859.